The smallest absolute Gasteiger partial charge is 0.0956 e. The average Bonchev–Trinajstić information content (AvgIpc) is 2.82. The average molecular weight is 266 g/mol. The largest absolute Gasteiger partial charge is 0.304 e. The number of aromatic nitrogens is 1. The van der Waals surface area contributed by atoms with Gasteiger partial charge in [0, 0.05) is 23.0 Å². The molecule has 3 heteroatoms. The molecule has 1 heterocycles. The summed E-state index contributed by atoms with van der Waals surface area (Å²) in [4.78, 5) is 6.98. The van der Waals surface area contributed by atoms with Gasteiger partial charge in [-0.1, -0.05) is 20.8 Å². The molecule has 0 radical (unpaired) electrons. The lowest BCUT2D eigenvalue weighted by molar-refractivity contribution is 0.0979. The summed E-state index contributed by atoms with van der Waals surface area (Å²) < 4.78 is 0. The summed E-state index contributed by atoms with van der Waals surface area (Å²) in [5.74, 6) is 0.676. The summed E-state index contributed by atoms with van der Waals surface area (Å²) in [5, 5.41) is 3.45. The zero-order valence-electron chi connectivity index (χ0n) is 12.4. The molecule has 1 aliphatic carbocycles. The fourth-order valence-electron chi connectivity index (χ4n) is 3.46. The van der Waals surface area contributed by atoms with Crippen LogP contribution in [0, 0.1) is 5.41 Å². The first-order valence-corrected chi connectivity index (χ1v) is 7.77. The van der Waals surface area contributed by atoms with E-state index < -0.39 is 0 Å². The highest BCUT2D eigenvalue weighted by molar-refractivity contribution is 7.09. The maximum atomic E-state index is 4.52. The molecule has 1 aromatic heterocycles. The Labute approximate surface area is 115 Å². The highest BCUT2D eigenvalue weighted by Crippen LogP contribution is 2.48. The SMILES string of the molecule is CN(C)C1(CC(C)(C)C)CCC(c2nccs2)C1. The number of rotatable bonds is 3. The van der Waals surface area contributed by atoms with Crippen molar-refractivity contribution in [3.8, 4) is 0 Å². The first kappa shape index (κ1) is 14.0. The Morgan fingerprint density at radius 2 is 2.17 bits per heavy atom. The zero-order valence-corrected chi connectivity index (χ0v) is 13.2. The predicted octanol–water partition coefficient (Wildman–Crippen LogP) is 4.15. The van der Waals surface area contributed by atoms with Gasteiger partial charge in [0.25, 0.3) is 0 Å². The molecule has 102 valence electrons. The van der Waals surface area contributed by atoms with E-state index in [-0.39, 0.29) is 0 Å². The minimum absolute atomic E-state index is 0.370. The predicted molar refractivity (Wildman–Crippen MR) is 79.2 cm³/mol. The van der Waals surface area contributed by atoms with E-state index in [1.807, 2.05) is 17.5 Å². The molecule has 1 fully saturated rings. The molecular weight excluding hydrogens is 240 g/mol. The van der Waals surface area contributed by atoms with Crippen LogP contribution in [0.3, 0.4) is 0 Å². The third kappa shape index (κ3) is 2.94. The van der Waals surface area contributed by atoms with E-state index in [1.54, 1.807) is 0 Å². The lowest BCUT2D eigenvalue weighted by atomic mass is 9.77. The zero-order chi connectivity index (χ0) is 13.4. The molecule has 2 nitrogen and oxygen atoms in total. The Bertz CT molecular complexity index is 378. The fraction of sp³-hybridized carbons (Fsp3) is 0.800. The monoisotopic (exact) mass is 266 g/mol. The van der Waals surface area contributed by atoms with Crippen LogP contribution < -0.4 is 0 Å². The quantitative estimate of drug-likeness (QED) is 0.817. The van der Waals surface area contributed by atoms with Crippen molar-refractivity contribution in [3.63, 3.8) is 0 Å². The molecule has 0 bridgehead atoms. The van der Waals surface area contributed by atoms with E-state index in [0.29, 0.717) is 16.9 Å². The van der Waals surface area contributed by atoms with Crippen LogP contribution in [0.15, 0.2) is 11.6 Å². The van der Waals surface area contributed by atoms with Crippen LogP contribution in [0.2, 0.25) is 0 Å². The normalized spacial score (nSPS) is 29.1. The van der Waals surface area contributed by atoms with Crippen molar-refractivity contribution in [2.75, 3.05) is 14.1 Å². The summed E-state index contributed by atoms with van der Waals surface area (Å²) >= 11 is 1.82. The van der Waals surface area contributed by atoms with Gasteiger partial charge in [-0.2, -0.15) is 0 Å². The van der Waals surface area contributed by atoms with Crippen LogP contribution in [0.5, 0.6) is 0 Å². The Balaban J connectivity index is 2.15. The Kier molecular flexibility index (Phi) is 3.84. The first-order chi connectivity index (χ1) is 8.32. The fourth-order valence-corrected chi connectivity index (χ4v) is 4.24. The molecule has 0 amide bonds. The van der Waals surface area contributed by atoms with Gasteiger partial charge in [-0.15, -0.1) is 11.3 Å². The Morgan fingerprint density at radius 3 is 2.67 bits per heavy atom. The lowest BCUT2D eigenvalue weighted by Gasteiger charge is -2.41. The van der Waals surface area contributed by atoms with Crippen molar-refractivity contribution in [1.82, 2.24) is 9.88 Å². The van der Waals surface area contributed by atoms with Crippen LogP contribution in [-0.2, 0) is 0 Å². The molecule has 2 unspecified atom stereocenters. The molecule has 1 saturated carbocycles. The van der Waals surface area contributed by atoms with E-state index in [4.69, 9.17) is 0 Å². The van der Waals surface area contributed by atoms with Crippen molar-refractivity contribution < 1.29 is 0 Å². The first-order valence-electron chi connectivity index (χ1n) is 6.89. The summed E-state index contributed by atoms with van der Waals surface area (Å²) in [5.41, 5.74) is 0.761. The van der Waals surface area contributed by atoms with Gasteiger partial charge >= 0.3 is 0 Å². The number of hydrogen-bond donors (Lipinski definition) is 0. The summed E-state index contributed by atoms with van der Waals surface area (Å²) in [6.45, 7) is 7.07. The lowest BCUT2D eigenvalue weighted by Crippen LogP contribution is -2.44. The molecule has 0 aromatic carbocycles. The van der Waals surface area contributed by atoms with Gasteiger partial charge in [0.05, 0.1) is 5.01 Å². The van der Waals surface area contributed by atoms with E-state index >= 15 is 0 Å². The minimum Gasteiger partial charge on any atom is -0.304 e. The van der Waals surface area contributed by atoms with Crippen molar-refractivity contribution >= 4 is 11.3 Å². The number of thiazole rings is 1. The van der Waals surface area contributed by atoms with Gasteiger partial charge in [0.1, 0.15) is 0 Å². The second-order valence-electron chi connectivity index (χ2n) is 7.17. The van der Waals surface area contributed by atoms with Crippen LogP contribution in [0.1, 0.15) is 57.4 Å². The van der Waals surface area contributed by atoms with Crippen LogP contribution in [0.4, 0.5) is 0 Å². The Morgan fingerprint density at radius 1 is 1.44 bits per heavy atom. The highest BCUT2D eigenvalue weighted by Gasteiger charge is 2.44. The van der Waals surface area contributed by atoms with Crippen molar-refractivity contribution in [1.29, 1.82) is 0 Å². The van der Waals surface area contributed by atoms with E-state index in [1.165, 1.54) is 30.7 Å². The van der Waals surface area contributed by atoms with Gasteiger partial charge in [-0.05, 0) is 45.2 Å². The standard InChI is InChI=1S/C15H26N2S/c1-14(2,3)11-15(17(4)5)7-6-12(10-15)13-16-8-9-18-13/h8-9,12H,6-7,10-11H2,1-5H3. The summed E-state index contributed by atoms with van der Waals surface area (Å²) in [6.07, 6.45) is 7.09. The van der Waals surface area contributed by atoms with Crippen LogP contribution in [-0.4, -0.2) is 29.5 Å². The maximum Gasteiger partial charge on any atom is 0.0956 e. The molecule has 0 N–H and O–H groups in total. The van der Waals surface area contributed by atoms with Crippen LogP contribution >= 0.6 is 11.3 Å². The molecule has 0 saturated heterocycles. The van der Waals surface area contributed by atoms with Crippen molar-refractivity contribution in [3.05, 3.63) is 16.6 Å². The van der Waals surface area contributed by atoms with Crippen molar-refractivity contribution in [2.45, 2.75) is 57.9 Å². The molecule has 1 aliphatic rings. The van der Waals surface area contributed by atoms with Gasteiger partial charge in [0.15, 0.2) is 0 Å². The molecule has 18 heavy (non-hydrogen) atoms. The second kappa shape index (κ2) is 4.93. The van der Waals surface area contributed by atoms with E-state index in [2.05, 4.69) is 50.1 Å². The third-order valence-corrected chi connectivity index (χ3v) is 5.13. The number of nitrogens with zero attached hydrogens (tertiary/aromatic N) is 2. The molecule has 2 rings (SSSR count). The maximum absolute atomic E-state index is 4.52. The summed E-state index contributed by atoms with van der Waals surface area (Å²) in [6, 6.07) is 0. The Hall–Kier alpha value is -0.410. The third-order valence-electron chi connectivity index (χ3n) is 4.19. The molecule has 0 spiro atoms. The van der Waals surface area contributed by atoms with Crippen LogP contribution in [0.25, 0.3) is 0 Å². The van der Waals surface area contributed by atoms with Gasteiger partial charge in [-0.25, -0.2) is 4.98 Å². The molecule has 1 aromatic rings. The highest BCUT2D eigenvalue weighted by atomic mass is 32.1. The van der Waals surface area contributed by atoms with Crippen molar-refractivity contribution in [2.24, 2.45) is 5.41 Å². The number of hydrogen-bond acceptors (Lipinski definition) is 3. The second-order valence-corrected chi connectivity index (χ2v) is 8.09. The molecule has 2 atom stereocenters. The van der Waals surface area contributed by atoms with Gasteiger partial charge in [-0.3, -0.25) is 0 Å². The summed E-state index contributed by atoms with van der Waals surface area (Å²) in [7, 11) is 4.49. The van der Waals surface area contributed by atoms with E-state index in [0.717, 1.165) is 0 Å². The minimum atomic E-state index is 0.370. The van der Waals surface area contributed by atoms with Gasteiger partial charge < -0.3 is 4.90 Å². The molecular formula is C15H26N2S. The van der Waals surface area contributed by atoms with Gasteiger partial charge in [0.2, 0.25) is 0 Å². The molecule has 0 aliphatic heterocycles. The topological polar surface area (TPSA) is 16.1 Å². The van der Waals surface area contributed by atoms with E-state index in [9.17, 15) is 0 Å².